The Morgan fingerprint density at radius 3 is 2.60 bits per heavy atom. The van der Waals surface area contributed by atoms with Crippen molar-refractivity contribution >= 4 is 40.9 Å². The number of benzene rings is 2. The third kappa shape index (κ3) is 7.18. The zero-order chi connectivity index (χ0) is 18.2. The van der Waals surface area contributed by atoms with E-state index in [4.69, 9.17) is 27.9 Å². The molecule has 0 saturated carbocycles. The second kappa shape index (κ2) is 9.95. The molecule has 6 heteroatoms. The molecule has 0 heterocycles. The molecule has 1 unspecified atom stereocenters. The maximum Gasteiger partial charge on any atom is 0.230 e. The van der Waals surface area contributed by atoms with Crippen molar-refractivity contribution in [2.45, 2.75) is 25.6 Å². The Labute approximate surface area is 163 Å². The molecule has 0 aliphatic carbocycles. The lowest BCUT2D eigenvalue weighted by atomic mass is 10.2. The van der Waals surface area contributed by atoms with Crippen molar-refractivity contribution in [3.8, 4) is 5.75 Å². The van der Waals surface area contributed by atoms with Crippen LogP contribution in [0.3, 0.4) is 0 Å². The number of ether oxygens (including phenoxy) is 1. The summed E-state index contributed by atoms with van der Waals surface area (Å²) < 4.78 is 5.67. The minimum Gasteiger partial charge on any atom is -0.491 e. The molecule has 0 spiro atoms. The maximum absolute atomic E-state index is 12.0. The molecule has 0 aliphatic rings. The minimum atomic E-state index is -0.0616. The van der Waals surface area contributed by atoms with E-state index in [1.165, 1.54) is 17.3 Å². The Balaban J connectivity index is 1.67. The van der Waals surface area contributed by atoms with Gasteiger partial charge >= 0.3 is 0 Å². The van der Waals surface area contributed by atoms with Crippen LogP contribution in [-0.2, 0) is 10.5 Å². The van der Waals surface area contributed by atoms with Crippen LogP contribution >= 0.6 is 35.0 Å². The molecule has 0 aliphatic heterocycles. The molecule has 0 aromatic heterocycles. The minimum absolute atomic E-state index is 0.0184. The van der Waals surface area contributed by atoms with E-state index >= 15 is 0 Å². The molecular formula is C19H21Cl2NO2S. The summed E-state index contributed by atoms with van der Waals surface area (Å²) >= 11 is 13.5. The predicted molar refractivity (Wildman–Crippen MR) is 107 cm³/mol. The number of thioether (sulfide) groups is 1. The zero-order valence-electron chi connectivity index (χ0n) is 14.2. The Bertz CT molecular complexity index is 707. The number of carbonyl (C=O) groups is 1. The van der Waals surface area contributed by atoms with Gasteiger partial charge in [-0.2, -0.15) is 0 Å². The first-order valence-corrected chi connectivity index (χ1v) is 9.85. The zero-order valence-corrected chi connectivity index (χ0v) is 16.5. The largest absolute Gasteiger partial charge is 0.491 e. The normalized spacial score (nSPS) is 11.8. The summed E-state index contributed by atoms with van der Waals surface area (Å²) in [6.07, 6.45) is 0. The average Bonchev–Trinajstić information content (AvgIpc) is 2.56. The van der Waals surface area contributed by atoms with Crippen LogP contribution in [0.1, 0.15) is 18.1 Å². The van der Waals surface area contributed by atoms with E-state index in [-0.39, 0.29) is 11.9 Å². The van der Waals surface area contributed by atoms with E-state index in [0.717, 1.165) is 11.3 Å². The van der Waals surface area contributed by atoms with Gasteiger partial charge in [-0.1, -0.05) is 47.0 Å². The van der Waals surface area contributed by atoms with Crippen molar-refractivity contribution in [1.82, 2.24) is 5.32 Å². The molecule has 1 amide bonds. The van der Waals surface area contributed by atoms with Gasteiger partial charge in [0.2, 0.25) is 5.91 Å². The maximum atomic E-state index is 12.0. The quantitative estimate of drug-likeness (QED) is 0.671. The molecular weight excluding hydrogens is 377 g/mol. The molecule has 0 saturated heterocycles. The molecule has 1 N–H and O–H groups in total. The highest BCUT2D eigenvalue weighted by Crippen LogP contribution is 2.24. The molecule has 3 nitrogen and oxygen atoms in total. The summed E-state index contributed by atoms with van der Waals surface area (Å²) in [7, 11) is 0. The van der Waals surface area contributed by atoms with Gasteiger partial charge in [0.25, 0.3) is 0 Å². The second-order valence-corrected chi connectivity index (χ2v) is 7.65. The van der Waals surface area contributed by atoms with E-state index in [2.05, 4.69) is 5.32 Å². The lowest BCUT2D eigenvalue weighted by Crippen LogP contribution is -2.37. The number of rotatable bonds is 8. The van der Waals surface area contributed by atoms with Gasteiger partial charge in [0.1, 0.15) is 12.4 Å². The van der Waals surface area contributed by atoms with Crippen LogP contribution in [0.25, 0.3) is 0 Å². The van der Waals surface area contributed by atoms with Crippen LogP contribution in [0.4, 0.5) is 0 Å². The average molecular weight is 398 g/mol. The summed E-state index contributed by atoms with van der Waals surface area (Å²) in [6.45, 7) is 4.39. The van der Waals surface area contributed by atoms with Gasteiger partial charge in [-0.25, -0.2) is 0 Å². The third-order valence-corrected chi connectivity index (χ3v) is 5.00. The molecule has 0 bridgehead atoms. The van der Waals surface area contributed by atoms with E-state index in [9.17, 15) is 4.79 Å². The van der Waals surface area contributed by atoms with Crippen molar-refractivity contribution in [3.63, 3.8) is 0 Å². The van der Waals surface area contributed by atoms with Crippen molar-refractivity contribution in [1.29, 1.82) is 0 Å². The molecule has 2 aromatic carbocycles. The lowest BCUT2D eigenvalue weighted by molar-refractivity contribution is -0.119. The first-order valence-electron chi connectivity index (χ1n) is 7.94. The van der Waals surface area contributed by atoms with Gasteiger partial charge in [0.15, 0.2) is 0 Å². The molecule has 1 atom stereocenters. The molecule has 2 rings (SSSR count). The summed E-state index contributed by atoms with van der Waals surface area (Å²) in [5, 5.41) is 4.17. The molecule has 0 fully saturated rings. The van der Waals surface area contributed by atoms with Crippen LogP contribution in [0, 0.1) is 6.92 Å². The number of carbonyl (C=O) groups excluding carboxylic acids is 1. The Hall–Kier alpha value is -1.36. The Morgan fingerprint density at radius 2 is 1.92 bits per heavy atom. The van der Waals surface area contributed by atoms with Gasteiger partial charge in [0.05, 0.1) is 11.8 Å². The molecule has 25 heavy (non-hydrogen) atoms. The molecule has 134 valence electrons. The summed E-state index contributed by atoms with van der Waals surface area (Å²) in [5.41, 5.74) is 2.16. The number of nitrogens with one attached hydrogen (secondary N) is 1. The lowest BCUT2D eigenvalue weighted by Gasteiger charge is -2.15. The highest BCUT2D eigenvalue weighted by atomic mass is 35.5. The predicted octanol–water partition coefficient (Wildman–Crippen LogP) is 5.12. The smallest absolute Gasteiger partial charge is 0.230 e. The van der Waals surface area contributed by atoms with Crippen LogP contribution in [0.5, 0.6) is 5.75 Å². The molecule has 0 radical (unpaired) electrons. The SMILES string of the molecule is Cc1ccc(OCC(C)NC(=O)CSCc2ccc(Cl)cc2Cl)cc1. The third-order valence-electron chi connectivity index (χ3n) is 3.43. The number of halogens is 2. The van der Waals surface area contributed by atoms with Crippen molar-refractivity contribution in [3.05, 3.63) is 63.6 Å². The van der Waals surface area contributed by atoms with Crippen molar-refractivity contribution < 1.29 is 9.53 Å². The highest BCUT2D eigenvalue weighted by Gasteiger charge is 2.09. The summed E-state index contributed by atoms with van der Waals surface area (Å²) in [6, 6.07) is 13.2. The Kier molecular flexibility index (Phi) is 7.94. The fourth-order valence-electron chi connectivity index (χ4n) is 2.11. The van der Waals surface area contributed by atoms with Crippen molar-refractivity contribution in [2.75, 3.05) is 12.4 Å². The standard InChI is InChI=1S/C19H21Cl2NO2S/c1-13-3-7-17(8-4-13)24-10-14(2)22-19(23)12-25-11-15-5-6-16(20)9-18(15)21/h3-9,14H,10-12H2,1-2H3,(H,22,23). The van der Waals surface area contributed by atoms with Crippen LogP contribution < -0.4 is 10.1 Å². The van der Waals surface area contributed by atoms with Gasteiger partial charge in [0, 0.05) is 15.8 Å². The van der Waals surface area contributed by atoms with E-state index in [0.29, 0.717) is 28.2 Å². The number of hydrogen-bond donors (Lipinski definition) is 1. The second-order valence-electron chi connectivity index (χ2n) is 5.82. The number of aryl methyl sites for hydroxylation is 1. The monoisotopic (exact) mass is 397 g/mol. The van der Waals surface area contributed by atoms with Gasteiger partial charge in [-0.3, -0.25) is 4.79 Å². The fraction of sp³-hybridized carbons (Fsp3) is 0.316. The highest BCUT2D eigenvalue weighted by molar-refractivity contribution is 7.99. The van der Waals surface area contributed by atoms with E-state index in [1.54, 1.807) is 12.1 Å². The van der Waals surface area contributed by atoms with Gasteiger partial charge in [-0.15, -0.1) is 11.8 Å². The first kappa shape index (κ1) is 20.0. The van der Waals surface area contributed by atoms with Crippen LogP contribution in [0.2, 0.25) is 10.0 Å². The van der Waals surface area contributed by atoms with Crippen LogP contribution in [0.15, 0.2) is 42.5 Å². The summed E-state index contributed by atoms with van der Waals surface area (Å²) in [4.78, 5) is 12.0. The molecule has 2 aromatic rings. The Morgan fingerprint density at radius 1 is 1.20 bits per heavy atom. The number of amides is 1. The van der Waals surface area contributed by atoms with Gasteiger partial charge < -0.3 is 10.1 Å². The first-order chi connectivity index (χ1) is 11.9. The van der Waals surface area contributed by atoms with Crippen LogP contribution in [-0.4, -0.2) is 24.3 Å². The van der Waals surface area contributed by atoms with Gasteiger partial charge in [-0.05, 0) is 43.7 Å². The van der Waals surface area contributed by atoms with E-state index < -0.39 is 0 Å². The summed E-state index contributed by atoms with van der Waals surface area (Å²) in [5.74, 6) is 1.82. The topological polar surface area (TPSA) is 38.3 Å². The fourth-order valence-corrected chi connectivity index (χ4v) is 3.50. The van der Waals surface area contributed by atoms with Crippen molar-refractivity contribution in [2.24, 2.45) is 0 Å². The number of hydrogen-bond acceptors (Lipinski definition) is 3. The van der Waals surface area contributed by atoms with E-state index in [1.807, 2.05) is 44.2 Å².